The van der Waals surface area contributed by atoms with Crippen LogP contribution in [0.2, 0.25) is 0 Å². The number of fused-ring (bicyclic) bond motifs is 6. The molecule has 8 heteroatoms. The minimum atomic E-state index is -4.56. The van der Waals surface area contributed by atoms with Crippen LogP contribution in [-0.2, 0) is 16.5 Å². The molecule has 1 fully saturated rings. The largest absolute Gasteiger partial charge is 0.456 e. The zero-order valence-electron chi connectivity index (χ0n) is 22.1. The van der Waals surface area contributed by atoms with Crippen LogP contribution >= 0.6 is 0 Å². The van der Waals surface area contributed by atoms with Crippen molar-refractivity contribution in [1.82, 2.24) is 0 Å². The molecule has 1 atom stereocenters. The highest BCUT2D eigenvalue weighted by molar-refractivity contribution is 5.97. The molecule has 0 saturated heterocycles. The van der Waals surface area contributed by atoms with E-state index in [1.807, 2.05) is 30.3 Å². The number of anilines is 3. The number of alkyl halides is 3. The van der Waals surface area contributed by atoms with Crippen molar-refractivity contribution in [3.05, 3.63) is 113 Å². The van der Waals surface area contributed by atoms with E-state index < -0.39 is 23.3 Å². The van der Waals surface area contributed by atoms with Crippen molar-refractivity contribution in [2.24, 2.45) is 0 Å². The third kappa shape index (κ3) is 4.20. The monoisotopic (exact) mass is 556 g/mol. The van der Waals surface area contributed by atoms with Crippen molar-refractivity contribution >= 4 is 23.0 Å². The third-order valence-electron chi connectivity index (χ3n) is 8.21. The molecular formula is C33H27F3N2O3. The molecule has 208 valence electrons. The first kappa shape index (κ1) is 25.5. The fourth-order valence-electron chi connectivity index (χ4n) is 6.39. The van der Waals surface area contributed by atoms with Gasteiger partial charge >= 0.3 is 12.1 Å². The lowest BCUT2D eigenvalue weighted by atomic mass is 9.76. The molecule has 5 nitrogen and oxygen atoms in total. The number of benzene rings is 4. The first-order chi connectivity index (χ1) is 19.8. The Bertz CT molecular complexity index is 1660. The highest BCUT2D eigenvalue weighted by Crippen LogP contribution is 2.58. The summed E-state index contributed by atoms with van der Waals surface area (Å²) in [7, 11) is 0. The van der Waals surface area contributed by atoms with Crippen molar-refractivity contribution in [3.8, 4) is 11.5 Å². The Morgan fingerprint density at radius 3 is 2.37 bits per heavy atom. The van der Waals surface area contributed by atoms with Crippen molar-refractivity contribution in [2.45, 2.75) is 49.9 Å². The summed E-state index contributed by atoms with van der Waals surface area (Å²) in [4.78, 5) is 13.3. The number of esters is 1. The van der Waals surface area contributed by atoms with Crippen molar-refractivity contribution in [1.29, 1.82) is 0 Å². The molecule has 2 N–H and O–H groups in total. The molecule has 1 saturated carbocycles. The molecule has 0 radical (unpaired) electrons. The molecule has 1 unspecified atom stereocenters. The van der Waals surface area contributed by atoms with Gasteiger partial charge in [-0.15, -0.1) is 0 Å². The second-order valence-electron chi connectivity index (χ2n) is 10.8. The lowest BCUT2D eigenvalue weighted by molar-refractivity contribution is -0.136. The van der Waals surface area contributed by atoms with Gasteiger partial charge < -0.3 is 20.1 Å². The van der Waals surface area contributed by atoms with Gasteiger partial charge in [-0.05, 0) is 55.3 Å². The zero-order chi connectivity index (χ0) is 28.2. The van der Waals surface area contributed by atoms with E-state index in [4.69, 9.17) is 9.47 Å². The summed E-state index contributed by atoms with van der Waals surface area (Å²) in [6.45, 7) is 0. The highest BCUT2D eigenvalue weighted by Gasteiger charge is 2.54. The minimum absolute atomic E-state index is 0.112. The number of hydrogen-bond acceptors (Lipinski definition) is 5. The van der Waals surface area contributed by atoms with E-state index in [0.29, 0.717) is 45.5 Å². The van der Waals surface area contributed by atoms with Crippen LogP contribution in [0.5, 0.6) is 11.5 Å². The van der Waals surface area contributed by atoms with Gasteiger partial charge in [0, 0.05) is 28.9 Å². The van der Waals surface area contributed by atoms with E-state index in [-0.39, 0.29) is 5.69 Å². The SMILES string of the molecule is O=C1OC2(c3ccc(NC4CCCCC4)cc3Oc3cccc(Nc4ccccc4C(F)(F)F)c32)c2ccccc21. The van der Waals surface area contributed by atoms with Gasteiger partial charge in [0.25, 0.3) is 0 Å². The molecule has 0 amide bonds. The standard InChI is InChI=1S/C33H27F3N2O3/c34-33(35,36)24-13-6-7-14-26(24)38-27-15-8-16-28-30(27)32(23-12-5-4-11-22(23)31(39)41-32)25-18-17-21(19-29(25)40-28)37-20-9-2-1-3-10-20/h4-8,11-20,37-38H,1-3,9-10H2. The smallest absolute Gasteiger partial charge is 0.418 e. The molecule has 4 aromatic rings. The maximum absolute atomic E-state index is 13.9. The summed E-state index contributed by atoms with van der Waals surface area (Å²) < 4.78 is 54.4. The molecule has 7 rings (SSSR count). The molecule has 3 aliphatic rings. The van der Waals surface area contributed by atoms with Crippen LogP contribution in [0.25, 0.3) is 0 Å². The summed E-state index contributed by atoms with van der Waals surface area (Å²) in [6.07, 6.45) is 1.27. The fraction of sp³-hybridized carbons (Fsp3) is 0.242. The summed E-state index contributed by atoms with van der Waals surface area (Å²) in [5, 5.41) is 6.62. The predicted molar refractivity (Wildman–Crippen MR) is 150 cm³/mol. The van der Waals surface area contributed by atoms with Crippen molar-refractivity contribution < 1.29 is 27.4 Å². The van der Waals surface area contributed by atoms with Gasteiger partial charge in [-0.1, -0.05) is 55.7 Å². The predicted octanol–water partition coefficient (Wildman–Crippen LogP) is 8.76. The molecular weight excluding hydrogens is 529 g/mol. The highest BCUT2D eigenvalue weighted by atomic mass is 19.4. The normalized spacial score (nSPS) is 19.5. The van der Waals surface area contributed by atoms with Gasteiger partial charge in [-0.3, -0.25) is 0 Å². The Morgan fingerprint density at radius 2 is 1.54 bits per heavy atom. The number of halogens is 3. The topological polar surface area (TPSA) is 59.6 Å². The zero-order valence-corrected chi connectivity index (χ0v) is 22.1. The van der Waals surface area contributed by atoms with E-state index in [9.17, 15) is 18.0 Å². The Balaban J connectivity index is 1.40. The first-order valence-electron chi connectivity index (χ1n) is 13.8. The van der Waals surface area contributed by atoms with Crippen LogP contribution in [0.4, 0.5) is 30.2 Å². The molecule has 41 heavy (non-hydrogen) atoms. The van der Waals surface area contributed by atoms with Gasteiger partial charge in [0.2, 0.25) is 0 Å². The van der Waals surface area contributed by atoms with Gasteiger partial charge in [-0.25, -0.2) is 4.79 Å². The van der Waals surface area contributed by atoms with E-state index >= 15 is 0 Å². The third-order valence-corrected chi connectivity index (χ3v) is 8.21. The van der Waals surface area contributed by atoms with Crippen LogP contribution in [0.15, 0.2) is 84.9 Å². The second kappa shape index (κ2) is 9.58. The molecule has 4 aromatic carbocycles. The average Bonchev–Trinajstić information content (AvgIpc) is 3.26. The first-order valence-corrected chi connectivity index (χ1v) is 13.8. The number of carbonyl (C=O) groups excluding carboxylic acids is 1. The van der Waals surface area contributed by atoms with Gasteiger partial charge in [0.1, 0.15) is 11.5 Å². The van der Waals surface area contributed by atoms with Crippen molar-refractivity contribution in [2.75, 3.05) is 10.6 Å². The second-order valence-corrected chi connectivity index (χ2v) is 10.8. The Morgan fingerprint density at radius 1 is 0.780 bits per heavy atom. The molecule has 0 bridgehead atoms. The number of para-hydroxylation sites is 1. The molecule has 2 heterocycles. The summed E-state index contributed by atoms with van der Waals surface area (Å²) in [5.74, 6) is 0.413. The van der Waals surface area contributed by atoms with E-state index in [1.54, 1.807) is 36.4 Å². The number of carbonyl (C=O) groups is 1. The maximum atomic E-state index is 13.9. The summed E-state index contributed by atoms with van der Waals surface area (Å²) in [6, 6.07) is 23.7. The maximum Gasteiger partial charge on any atom is 0.418 e. The van der Waals surface area contributed by atoms with E-state index in [1.165, 1.54) is 31.4 Å². The molecule has 2 aliphatic heterocycles. The molecule has 1 aliphatic carbocycles. The number of hydrogen-bond donors (Lipinski definition) is 2. The minimum Gasteiger partial charge on any atom is -0.456 e. The van der Waals surface area contributed by atoms with Gasteiger partial charge in [0.15, 0.2) is 5.60 Å². The van der Waals surface area contributed by atoms with E-state index in [0.717, 1.165) is 24.6 Å². The lowest BCUT2D eigenvalue weighted by Gasteiger charge is -2.38. The average molecular weight is 557 g/mol. The number of rotatable bonds is 4. The Labute approximate surface area is 235 Å². The van der Waals surface area contributed by atoms with Crippen LogP contribution in [0.3, 0.4) is 0 Å². The quantitative estimate of drug-likeness (QED) is 0.246. The van der Waals surface area contributed by atoms with E-state index in [2.05, 4.69) is 10.6 Å². The lowest BCUT2D eigenvalue weighted by Crippen LogP contribution is -2.34. The number of ether oxygens (including phenoxy) is 2. The Hall–Kier alpha value is -4.46. The van der Waals surface area contributed by atoms with Gasteiger partial charge in [0.05, 0.1) is 28.1 Å². The molecule has 1 spiro atoms. The van der Waals surface area contributed by atoms with Crippen molar-refractivity contribution in [3.63, 3.8) is 0 Å². The molecule has 0 aromatic heterocycles. The van der Waals surface area contributed by atoms with Crippen LogP contribution < -0.4 is 15.4 Å². The van der Waals surface area contributed by atoms with Crippen LogP contribution in [0.1, 0.15) is 64.7 Å². The number of nitrogens with one attached hydrogen (secondary N) is 2. The van der Waals surface area contributed by atoms with Crippen LogP contribution in [0, 0.1) is 0 Å². The van der Waals surface area contributed by atoms with Crippen LogP contribution in [-0.4, -0.2) is 12.0 Å². The summed E-state index contributed by atoms with van der Waals surface area (Å²) in [5.41, 5.74) is 0.982. The Kier molecular flexibility index (Phi) is 5.96. The summed E-state index contributed by atoms with van der Waals surface area (Å²) >= 11 is 0. The fourth-order valence-corrected chi connectivity index (χ4v) is 6.39. The van der Waals surface area contributed by atoms with Gasteiger partial charge in [-0.2, -0.15) is 13.2 Å².